The molecule has 0 spiro atoms. The van der Waals surface area contributed by atoms with Gasteiger partial charge in [0, 0.05) is 31.8 Å². The van der Waals surface area contributed by atoms with Crippen molar-refractivity contribution in [3.05, 3.63) is 11.4 Å². The molecule has 21 heavy (non-hydrogen) atoms. The molecule has 0 aromatic carbocycles. The lowest BCUT2D eigenvalue weighted by Crippen LogP contribution is -2.49. The van der Waals surface area contributed by atoms with Crippen molar-refractivity contribution in [2.24, 2.45) is 11.8 Å². The molecule has 7 heteroatoms. The quantitative estimate of drug-likeness (QED) is 0.855. The van der Waals surface area contributed by atoms with Crippen molar-refractivity contribution in [1.29, 1.82) is 0 Å². The first-order valence-corrected chi connectivity index (χ1v) is 7.59. The van der Waals surface area contributed by atoms with E-state index in [4.69, 9.17) is 9.47 Å². The number of hydrogen-bond acceptors (Lipinski definition) is 5. The zero-order valence-corrected chi connectivity index (χ0v) is 12.3. The van der Waals surface area contributed by atoms with Crippen molar-refractivity contribution in [2.45, 2.75) is 32.2 Å². The van der Waals surface area contributed by atoms with Crippen LogP contribution in [0.2, 0.25) is 0 Å². The average Bonchev–Trinajstić information content (AvgIpc) is 2.95. The molecule has 0 bridgehead atoms. The molecule has 0 aliphatic carbocycles. The summed E-state index contributed by atoms with van der Waals surface area (Å²) in [7, 11) is 0. The summed E-state index contributed by atoms with van der Waals surface area (Å²) in [5.41, 5.74) is 1.01. The van der Waals surface area contributed by atoms with E-state index in [2.05, 4.69) is 20.7 Å². The SMILES string of the molecule is Cc1n[nH]nc1C(=O)N[C@H]1CCOC[C@H]1C1CCOCC1. The number of ether oxygens (including phenoxy) is 2. The van der Waals surface area contributed by atoms with Crippen LogP contribution >= 0.6 is 0 Å². The smallest absolute Gasteiger partial charge is 0.273 e. The topological polar surface area (TPSA) is 89.1 Å². The predicted octanol–water partition coefficient (Wildman–Crippen LogP) is 0.675. The fourth-order valence-corrected chi connectivity index (χ4v) is 3.28. The van der Waals surface area contributed by atoms with Crippen molar-refractivity contribution >= 4 is 5.91 Å². The molecular weight excluding hydrogens is 272 g/mol. The minimum absolute atomic E-state index is 0.144. The third-order valence-corrected chi connectivity index (χ3v) is 4.53. The zero-order chi connectivity index (χ0) is 14.7. The fourth-order valence-electron chi connectivity index (χ4n) is 3.28. The van der Waals surface area contributed by atoms with Gasteiger partial charge in [-0.15, -0.1) is 0 Å². The van der Waals surface area contributed by atoms with Gasteiger partial charge in [-0.1, -0.05) is 0 Å². The van der Waals surface area contributed by atoms with E-state index in [1.807, 2.05) is 0 Å². The Balaban J connectivity index is 1.66. The molecule has 0 radical (unpaired) electrons. The Kier molecular flexibility index (Phi) is 4.50. The summed E-state index contributed by atoms with van der Waals surface area (Å²) >= 11 is 0. The first kappa shape index (κ1) is 14.5. The van der Waals surface area contributed by atoms with E-state index in [9.17, 15) is 4.79 Å². The first-order valence-electron chi connectivity index (χ1n) is 7.59. The Bertz CT molecular complexity index is 484. The number of aromatic amines is 1. The maximum absolute atomic E-state index is 12.3. The summed E-state index contributed by atoms with van der Waals surface area (Å²) in [6, 6.07) is 0.144. The lowest BCUT2D eigenvalue weighted by molar-refractivity contribution is -0.0259. The highest BCUT2D eigenvalue weighted by Crippen LogP contribution is 2.30. The molecule has 1 amide bonds. The number of hydrogen-bond donors (Lipinski definition) is 2. The van der Waals surface area contributed by atoms with Gasteiger partial charge < -0.3 is 14.8 Å². The molecule has 1 aromatic heterocycles. The number of rotatable bonds is 3. The van der Waals surface area contributed by atoms with Crippen LogP contribution in [0.5, 0.6) is 0 Å². The Hall–Kier alpha value is -1.47. The van der Waals surface area contributed by atoms with E-state index in [1.54, 1.807) is 6.92 Å². The first-order chi connectivity index (χ1) is 10.3. The number of carbonyl (C=O) groups excluding carboxylic acids is 1. The van der Waals surface area contributed by atoms with Crippen LogP contribution in [0.3, 0.4) is 0 Å². The molecule has 7 nitrogen and oxygen atoms in total. The highest BCUT2D eigenvalue weighted by atomic mass is 16.5. The van der Waals surface area contributed by atoms with E-state index in [0.717, 1.165) is 32.5 Å². The minimum Gasteiger partial charge on any atom is -0.381 e. The van der Waals surface area contributed by atoms with Gasteiger partial charge in [0.2, 0.25) is 0 Å². The van der Waals surface area contributed by atoms with E-state index in [1.165, 1.54) is 0 Å². The Labute approximate surface area is 123 Å². The number of amides is 1. The molecule has 0 unspecified atom stereocenters. The number of aryl methyl sites for hydroxylation is 1. The van der Waals surface area contributed by atoms with Gasteiger partial charge in [-0.3, -0.25) is 4.79 Å². The van der Waals surface area contributed by atoms with Crippen LogP contribution < -0.4 is 5.32 Å². The standard InChI is InChI=1S/C14H22N4O3/c1-9-13(17-18-16-9)14(19)15-12-4-7-21-8-11(12)10-2-5-20-6-3-10/h10-12H,2-8H2,1H3,(H,15,19)(H,16,17,18)/t11-,12-/m0/s1. The Morgan fingerprint density at radius 1 is 1.19 bits per heavy atom. The largest absolute Gasteiger partial charge is 0.381 e. The highest BCUT2D eigenvalue weighted by molar-refractivity contribution is 5.93. The molecule has 116 valence electrons. The number of nitrogens with one attached hydrogen (secondary N) is 2. The highest BCUT2D eigenvalue weighted by Gasteiger charge is 2.34. The molecule has 2 aliphatic rings. The van der Waals surface area contributed by atoms with Gasteiger partial charge in [0.05, 0.1) is 12.3 Å². The second kappa shape index (κ2) is 6.53. The number of nitrogens with zero attached hydrogens (tertiary/aromatic N) is 2. The Morgan fingerprint density at radius 3 is 2.67 bits per heavy atom. The van der Waals surface area contributed by atoms with E-state index < -0.39 is 0 Å². The van der Waals surface area contributed by atoms with Gasteiger partial charge in [0.1, 0.15) is 0 Å². The summed E-state index contributed by atoms with van der Waals surface area (Å²) < 4.78 is 11.1. The fraction of sp³-hybridized carbons (Fsp3) is 0.786. The van der Waals surface area contributed by atoms with E-state index in [-0.39, 0.29) is 11.9 Å². The van der Waals surface area contributed by atoms with Crippen molar-refractivity contribution in [2.75, 3.05) is 26.4 Å². The number of aromatic nitrogens is 3. The zero-order valence-electron chi connectivity index (χ0n) is 12.3. The Morgan fingerprint density at radius 2 is 1.95 bits per heavy atom. The van der Waals surface area contributed by atoms with Gasteiger partial charge in [-0.25, -0.2) is 0 Å². The number of H-pyrrole nitrogens is 1. The summed E-state index contributed by atoms with van der Waals surface area (Å²) in [4.78, 5) is 12.3. The normalized spacial score (nSPS) is 27.5. The van der Waals surface area contributed by atoms with Crippen molar-refractivity contribution in [1.82, 2.24) is 20.7 Å². The minimum atomic E-state index is -0.148. The van der Waals surface area contributed by atoms with Gasteiger partial charge >= 0.3 is 0 Å². The monoisotopic (exact) mass is 294 g/mol. The van der Waals surface area contributed by atoms with Crippen molar-refractivity contribution < 1.29 is 14.3 Å². The van der Waals surface area contributed by atoms with Crippen LogP contribution in [-0.2, 0) is 9.47 Å². The van der Waals surface area contributed by atoms with E-state index >= 15 is 0 Å². The summed E-state index contributed by atoms with van der Waals surface area (Å²) in [5.74, 6) is 0.770. The molecule has 2 aliphatic heterocycles. The lowest BCUT2D eigenvalue weighted by Gasteiger charge is -2.38. The van der Waals surface area contributed by atoms with Gasteiger partial charge in [-0.05, 0) is 32.1 Å². The summed E-state index contributed by atoms with van der Waals surface area (Å²) in [5, 5.41) is 13.4. The third kappa shape index (κ3) is 3.24. The van der Waals surface area contributed by atoms with Gasteiger partial charge in [0.15, 0.2) is 5.69 Å². The van der Waals surface area contributed by atoms with Crippen LogP contribution in [0, 0.1) is 18.8 Å². The molecule has 2 atom stereocenters. The summed E-state index contributed by atoms with van der Waals surface area (Å²) in [6.07, 6.45) is 2.94. The van der Waals surface area contributed by atoms with Gasteiger partial charge in [0.25, 0.3) is 5.91 Å². The van der Waals surface area contributed by atoms with Crippen LogP contribution in [0.25, 0.3) is 0 Å². The van der Waals surface area contributed by atoms with E-state index in [0.29, 0.717) is 36.4 Å². The summed E-state index contributed by atoms with van der Waals surface area (Å²) in [6.45, 7) is 4.81. The average molecular weight is 294 g/mol. The van der Waals surface area contributed by atoms with Crippen LogP contribution in [0.1, 0.15) is 35.4 Å². The second-order valence-electron chi connectivity index (χ2n) is 5.81. The lowest BCUT2D eigenvalue weighted by atomic mass is 9.79. The van der Waals surface area contributed by atoms with Gasteiger partial charge in [-0.2, -0.15) is 15.4 Å². The van der Waals surface area contributed by atoms with Crippen molar-refractivity contribution in [3.63, 3.8) is 0 Å². The maximum atomic E-state index is 12.3. The van der Waals surface area contributed by atoms with Crippen LogP contribution in [0.4, 0.5) is 0 Å². The van der Waals surface area contributed by atoms with Crippen LogP contribution in [0.15, 0.2) is 0 Å². The second-order valence-corrected chi connectivity index (χ2v) is 5.81. The molecule has 2 fully saturated rings. The van der Waals surface area contributed by atoms with Crippen molar-refractivity contribution in [3.8, 4) is 0 Å². The molecule has 2 saturated heterocycles. The maximum Gasteiger partial charge on any atom is 0.273 e. The molecule has 3 heterocycles. The number of carbonyl (C=O) groups is 1. The molecular formula is C14H22N4O3. The molecule has 1 aromatic rings. The molecule has 0 saturated carbocycles. The molecule has 2 N–H and O–H groups in total. The third-order valence-electron chi connectivity index (χ3n) is 4.53. The predicted molar refractivity (Wildman–Crippen MR) is 74.8 cm³/mol. The van der Waals surface area contributed by atoms with Crippen LogP contribution in [-0.4, -0.2) is 53.8 Å². The molecule has 3 rings (SSSR count).